The Labute approximate surface area is 195 Å². The first kappa shape index (κ1) is 22.5. The van der Waals surface area contributed by atoms with E-state index in [1.54, 1.807) is 48.6 Å². The number of hydrogen-bond donors (Lipinski definition) is 0. The molecule has 0 N–H and O–H groups in total. The largest absolute Gasteiger partial charge is 0.487 e. The van der Waals surface area contributed by atoms with Gasteiger partial charge in [0.25, 0.3) is 23.6 Å². The predicted octanol–water partition coefficient (Wildman–Crippen LogP) is 3.34. The summed E-state index contributed by atoms with van der Waals surface area (Å²) in [6.45, 7) is 7.61. The summed E-state index contributed by atoms with van der Waals surface area (Å²) in [6.07, 6.45) is 7.90. The monoisotopic (exact) mass is 456 g/mol. The summed E-state index contributed by atoms with van der Waals surface area (Å²) in [6, 6.07) is 10.1. The molecular formula is C26H20N2O6. The Morgan fingerprint density at radius 3 is 1.29 bits per heavy atom. The van der Waals surface area contributed by atoms with Gasteiger partial charge in [0, 0.05) is 24.3 Å². The average Bonchev–Trinajstić information content (AvgIpc) is 3.35. The number of benzene rings is 2. The Balaban J connectivity index is 1.75. The van der Waals surface area contributed by atoms with E-state index < -0.39 is 23.6 Å². The Bertz CT molecular complexity index is 1150. The Kier molecular flexibility index (Phi) is 6.22. The molecule has 8 nitrogen and oxygen atoms in total. The zero-order valence-electron chi connectivity index (χ0n) is 18.1. The Morgan fingerprint density at radius 2 is 0.971 bits per heavy atom. The Morgan fingerprint density at radius 1 is 0.618 bits per heavy atom. The second-order valence-corrected chi connectivity index (χ2v) is 7.25. The fourth-order valence-corrected chi connectivity index (χ4v) is 3.56. The van der Waals surface area contributed by atoms with Gasteiger partial charge in [-0.1, -0.05) is 37.4 Å². The number of amides is 4. The van der Waals surface area contributed by atoms with Crippen molar-refractivity contribution in [3.05, 3.63) is 86.0 Å². The van der Waals surface area contributed by atoms with Gasteiger partial charge in [0.15, 0.2) is 0 Å². The standard InChI is InChI=1S/C26H20N2O6/c1-3-13-33-21-15-17(5-7-19(21)27-23(29)9-10-24(27)30)18-6-8-20(22(16-18)34-14-4-2)28-25(31)11-12-26(28)32/h3-12,15-16H,1-2,13-14H2. The molecule has 0 atom stereocenters. The van der Waals surface area contributed by atoms with Crippen molar-refractivity contribution in [2.24, 2.45) is 0 Å². The maximum Gasteiger partial charge on any atom is 0.258 e. The summed E-state index contributed by atoms with van der Waals surface area (Å²) in [7, 11) is 0. The molecule has 0 unspecified atom stereocenters. The molecule has 0 saturated heterocycles. The van der Waals surface area contributed by atoms with Crippen LogP contribution in [0.5, 0.6) is 11.5 Å². The molecule has 2 heterocycles. The maximum atomic E-state index is 12.2. The zero-order chi connectivity index (χ0) is 24.2. The zero-order valence-corrected chi connectivity index (χ0v) is 18.1. The predicted molar refractivity (Wildman–Crippen MR) is 127 cm³/mol. The minimum Gasteiger partial charge on any atom is -0.487 e. The summed E-state index contributed by atoms with van der Waals surface area (Å²) in [5, 5.41) is 0. The van der Waals surface area contributed by atoms with Gasteiger partial charge >= 0.3 is 0 Å². The van der Waals surface area contributed by atoms with Crippen LogP contribution in [-0.4, -0.2) is 36.8 Å². The highest BCUT2D eigenvalue weighted by molar-refractivity contribution is 6.29. The van der Waals surface area contributed by atoms with Gasteiger partial charge < -0.3 is 9.47 Å². The number of ether oxygens (including phenoxy) is 2. The molecule has 34 heavy (non-hydrogen) atoms. The van der Waals surface area contributed by atoms with E-state index in [1.165, 1.54) is 24.3 Å². The lowest BCUT2D eigenvalue weighted by Gasteiger charge is -2.21. The van der Waals surface area contributed by atoms with Crippen molar-refractivity contribution in [2.45, 2.75) is 0 Å². The van der Waals surface area contributed by atoms with E-state index in [-0.39, 0.29) is 13.2 Å². The van der Waals surface area contributed by atoms with Crippen LogP contribution in [-0.2, 0) is 19.2 Å². The van der Waals surface area contributed by atoms with Crippen molar-refractivity contribution < 1.29 is 28.7 Å². The smallest absolute Gasteiger partial charge is 0.258 e. The highest BCUT2D eigenvalue weighted by Crippen LogP contribution is 2.39. The minimum absolute atomic E-state index is 0.166. The summed E-state index contributed by atoms with van der Waals surface area (Å²) >= 11 is 0. The molecule has 2 aromatic carbocycles. The SMILES string of the molecule is C=CCOc1cc(-c2ccc(N3C(=O)C=CC3=O)c(OCC=C)c2)ccc1N1C(=O)C=CC1=O. The average molecular weight is 456 g/mol. The third-order valence-corrected chi connectivity index (χ3v) is 5.07. The lowest BCUT2D eigenvalue weighted by Crippen LogP contribution is -2.30. The van der Waals surface area contributed by atoms with E-state index in [4.69, 9.17) is 9.47 Å². The van der Waals surface area contributed by atoms with Gasteiger partial charge in [-0.3, -0.25) is 19.2 Å². The highest BCUT2D eigenvalue weighted by Gasteiger charge is 2.29. The van der Waals surface area contributed by atoms with Gasteiger partial charge in [-0.25, -0.2) is 9.80 Å². The molecule has 2 aromatic rings. The molecule has 0 fully saturated rings. The van der Waals surface area contributed by atoms with Gasteiger partial charge in [-0.15, -0.1) is 0 Å². The molecule has 2 aliphatic heterocycles. The molecule has 0 bridgehead atoms. The molecule has 0 radical (unpaired) electrons. The summed E-state index contributed by atoms with van der Waals surface area (Å²) < 4.78 is 11.5. The van der Waals surface area contributed by atoms with Crippen LogP contribution in [0.15, 0.2) is 86.0 Å². The Hall–Kier alpha value is -4.72. The van der Waals surface area contributed by atoms with Crippen LogP contribution in [0, 0.1) is 0 Å². The van der Waals surface area contributed by atoms with E-state index in [0.29, 0.717) is 34.0 Å². The number of carbonyl (C=O) groups is 4. The van der Waals surface area contributed by atoms with Crippen LogP contribution in [0.1, 0.15) is 0 Å². The van der Waals surface area contributed by atoms with Crippen molar-refractivity contribution in [2.75, 3.05) is 23.0 Å². The van der Waals surface area contributed by atoms with Gasteiger partial charge in [0.05, 0.1) is 11.4 Å². The number of rotatable bonds is 9. The van der Waals surface area contributed by atoms with Crippen molar-refractivity contribution in [1.29, 1.82) is 0 Å². The number of nitrogens with zero attached hydrogens (tertiary/aromatic N) is 2. The lowest BCUT2D eigenvalue weighted by atomic mass is 10.0. The van der Waals surface area contributed by atoms with Crippen LogP contribution >= 0.6 is 0 Å². The topological polar surface area (TPSA) is 93.2 Å². The van der Waals surface area contributed by atoms with Crippen molar-refractivity contribution in [1.82, 2.24) is 0 Å². The van der Waals surface area contributed by atoms with E-state index in [2.05, 4.69) is 13.2 Å². The van der Waals surface area contributed by atoms with Crippen LogP contribution in [0.2, 0.25) is 0 Å². The van der Waals surface area contributed by atoms with Crippen molar-refractivity contribution in [3.63, 3.8) is 0 Å². The lowest BCUT2D eigenvalue weighted by molar-refractivity contribution is -0.121. The van der Waals surface area contributed by atoms with Crippen molar-refractivity contribution in [3.8, 4) is 22.6 Å². The second kappa shape index (κ2) is 9.41. The van der Waals surface area contributed by atoms with Crippen LogP contribution in [0.25, 0.3) is 11.1 Å². The molecule has 0 saturated carbocycles. The quantitative estimate of drug-likeness (QED) is 0.424. The number of imide groups is 2. The molecule has 0 aromatic heterocycles. The van der Waals surface area contributed by atoms with Gasteiger partial charge in [-0.2, -0.15) is 0 Å². The van der Waals surface area contributed by atoms with E-state index in [0.717, 1.165) is 9.80 Å². The summed E-state index contributed by atoms with van der Waals surface area (Å²) in [4.78, 5) is 50.8. The summed E-state index contributed by atoms with van der Waals surface area (Å²) in [5.74, 6) is -1.21. The first-order valence-corrected chi connectivity index (χ1v) is 10.3. The van der Waals surface area contributed by atoms with E-state index in [9.17, 15) is 19.2 Å². The third-order valence-electron chi connectivity index (χ3n) is 5.07. The van der Waals surface area contributed by atoms with E-state index >= 15 is 0 Å². The molecule has 170 valence electrons. The fourth-order valence-electron chi connectivity index (χ4n) is 3.56. The number of hydrogen-bond acceptors (Lipinski definition) is 6. The van der Waals surface area contributed by atoms with Crippen LogP contribution in [0.4, 0.5) is 11.4 Å². The molecule has 4 amide bonds. The van der Waals surface area contributed by atoms with Gasteiger partial charge in [0.2, 0.25) is 0 Å². The van der Waals surface area contributed by atoms with Gasteiger partial charge in [-0.05, 0) is 35.4 Å². The first-order valence-electron chi connectivity index (χ1n) is 10.3. The molecule has 8 heteroatoms. The van der Waals surface area contributed by atoms with E-state index in [1.807, 2.05) is 0 Å². The van der Waals surface area contributed by atoms with Crippen molar-refractivity contribution >= 4 is 35.0 Å². The van der Waals surface area contributed by atoms with Crippen LogP contribution < -0.4 is 19.3 Å². The molecular weight excluding hydrogens is 436 g/mol. The molecule has 2 aliphatic rings. The van der Waals surface area contributed by atoms with Gasteiger partial charge in [0.1, 0.15) is 24.7 Å². The maximum absolute atomic E-state index is 12.2. The highest BCUT2D eigenvalue weighted by atomic mass is 16.5. The third kappa shape index (κ3) is 4.16. The first-order chi connectivity index (χ1) is 16.4. The summed E-state index contributed by atoms with van der Waals surface area (Å²) in [5.41, 5.74) is 2.01. The normalized spacial score (nSPS) is 14.8. The number of carbonyl (C=O) groups excluding carboxylic acids is 4. The second-order valence-electron chi connectivity index (χ2n) is 7.25. The molecule has 0 aliphatic carbocycles. The van der Waals surface area contributed by atoms with Crippen LogP contribution in [0.3, 0.4) is 0 Å². The fraction of sp³-hybridized carbons (Fsp3) is 0.0769. The number of anilines is 2. The molecule has 4 rings (SSSR count). The molecule has 0 spiro atoms. The minimum atomic E-state index is -0.459.